The predicted octanol–water partition coefficient (Wildman–Crippen LogP) is 3.31. The molecule has 0 spiro atoms. The fraction of sp³-hybridized carbons (Fsp3) is 0.200. The minimum Gasteiger partial charge on any atom is -0.609 e. The van der Waals surface area contributed by atoms with Gasteiger partial charge in [-0.1, -0.05) is 0 Å². The van der Waals surface area contributed by atoms with Crippen molar-refractivity contribution in [2.45, 2.75) is 24.4 Å². The highest BCUT2D eigenvalue weighted by Gasteiger charge is 2.21. The summed E-state index contributed by atoms with van der Waals surface area (Å²) in [6, 6.07) is 5.31. The second kappa shape index (κ2) is 6.70. The minimum atomic E-state index is -2.95. The molecule has 0 saturated heterocycles. The van der Waals surface area contributed by atoms with Gasteiger partial charge in [0.15, 0.2) is 5.75 Å². The lowest BCUT2D eigenvalue weighted by atomic mass is 10.2. The van der Waals surface area contributed by atoms with Gasteiger partial charge >= 0.3 is 11.8 Å². The van der Waals surface area contributed by atoms with Crippen LogP contribution in [0, 0.1) is 12.7 Å². The molecule has 2 heterocycles. The summed E-state index contributed by atoms with van der Waals surface area (Å²) in [5, 5.41) is 0.164. The van der Waals surface area contributed by atoms with Gasteiger partial charge in [0, 0.05) is 29.0 Å². The standard InChI is InChI=1S/C15H12F3N3O2S/c1-8-12(19-5-4-13(8)23-14(17)18)7-24(22)15-20-10-3-2-9(16)6-11(10)21-15/h2-6,14H,7H2,1H3,(H,20,21). The van der Waals surface area contributed by atoms with Crippen LogP contribution in [0.1, 0.15) is 11.3 Å². The lowest BCUT2D eigenvalue weighted by Gasteiger charge is -2.12. The second-order valence-electron chi connectivity index (χ2n) is 4.95. The Morgan fingerprint density at radius 2 is 2.12 bits per heavy atom. The Morgan fingerprint density at radius 3 is 2.88 bits per heavy atom. The highest BCUT2D eigenvalue weighted by atomic mass is 32.2. The predicted molar refractivity (Wildman–Crippen MR) is 81.8 cm³/mol. The van der Waals surface area contributed by atoms with E-state index in [4.69, 9.17) is 0 Å². The van der Waals surface area contributed by atoms with Crippen LogP contribution >= 0.6 is 0 Å². The molecule has 0 aliphatic carbocycles. The van der Waals surface area contributed by atoms with E-state index < -0.39 is 23.6 Å². The van der Waals surface area contributed by atoms with Crippen LogP contribution in [0.15, 0.2) is 35.6 Å². The van der Waals surface area contributed by atoms with Gasteiger partial charge < -0.3 is 9.29 Å². The molecule has 9 heteroatoms. The average molecular weight is 355 g/mol. The zero-order valence-electron chi connectivity index (χ0n) is 12.4. The number of ether oxygens (including phenoxy) is 1. The number of hydrogen-bond acceptors (Lipinski definition) is 4. The third-order valence-electron chi connectivity index (χ3n) is 3.38. The first kappa shape index (κ1) is 16.6. The number of H-pyrrole nitrogens is 1. The number of benzene rings is 1. The van der Waals surface area contributed by atoms with Gasteiger partial charge in [0.1, 0.15) is 11.6 Å². The first-order chi connectivity index (χ1) is 11.4. The Morgan fingerprint density at radius 1 is 1.33 bits per heavy atom. The molecule has 2 aromatic heterocycles. The summed E-state index contributed by atoms with van der Waals surface area (Å²) in [5.41, 5.74) is 1.66. The molecule has 3 rings (SSSR count). The molecule has 0 fully saturated rings. The maximum absolute atomic E-state index is 13.2. The molecule has 0 radical (unpaired) electrons. The van der Waals surface area contributed by atoms with Crippen molar-refractivity contribution in [2.24, 2.45) is 0 Å². The Balaban J connectivity index is 1.84. The van der Waals surface area contributed by atoms with Gasteiger partial charge in [-0.3, -0.25) is 9.97 Å². The molecule has 1 N–H and O–H groups in total. The lowest BCUT2D eigenvalue weighted by Crippen LogP contribution is -2.11. The van der Waals surface area contributed by atoms with Crippen LogP contribution in [0.2, 0.25) is 0 Å². The van der Waals surface area contributed by atoms with Crippen LogP contribution in [0.3, 0.4) is 0 Å². The molecule has 24 heavy (non-hydrogen) atoms. The molecule has 0 saturated carbocycles. The van der Waals surface area contributed by atoms with Crippen molar-refractivity contribution >= 4 is 22.2 Å². The number of fused-ring (bicyclic) bond motifs is 1. The monoisotopic (exact) mass is 355 g/mol. The summed E-state index contributed by atoms with van der Waals surface area (Å²) >= 11 is -1.60. The molecule has 0 aliphatic heterocycles. The molecule has 1 aromatic carbocycles. The van der Waals surface area contributed by atoms with Crippen LogP contribution in [-0.2, 0) is 16.9 Å². The average Bonchev–Trinajstić information content (AvgIpc) is 2.94. The largest absolute Gasteiger partial charge is 0.609 e. The van der Waals surface area contributed by atoms with Gasteiger partial charge in [-0.2, -0.15) is 13.8 Å². The number of nitrogens with one attached hydrogen (secondary N) is 1. The van der Waals surface area contributed by atoms with Crippen molar-refractivity contribution in [3.63, 3.8) is 0 Å². The maximum atomic E-state index is 13.2. The Hall–Kier alpha value is -2.26. The number of halogens is 3. The van der Waals surface area contributed by atoms with Crippen molar-refractivity contribution in [2.75, 3.05) is 0 Å². The maximum Gasteiger partial charge on any atom is 0.387 e. The number of nitrogens with zero attached hydrogens (tertiary/aromatic N) is 2. The zero-order chi connectivity index (χ0) is 17.3. The van der Waals surface area contributed by atoms with Crippen molar-refractivity contribution in [1.82, 2.24) is 15.0 Å². The molecule has 1 atom stereocenters. The van der Waals surface area contributed by atoms with Crippen LogP contribution in [0.4, 0.5) is 13.2 Å². The number of alkyl halides is 2. The highest BCUT2D eigenvalue weighted by molar-refractivity contribution is 7.90. The zero-order valence-corrected chi connectivity index (χ0v) is 13.2. The van der Waals surface area contributed by atoms with E-state index in [-0.39, 0.29) is 16.7 Å². The molecule has 5 nitrogen and oxygen atoms in total. The van der Waals surface area contributed by atoms with Crippen LogP contribution in [0.25, 0.3) is 11.0 Å². The van der Waals surface area contributed by atoms with E-state index >= 15 is 0 Å². The van der Waals surface area contributed by atoms with E-state index in [0.29, 0.717) is 22.3 Å². The van der Waals surface area contributed by atoms with E-state index in [1.54, 1.807) is 6.92 Å². The fourth-order valence-electron chi connectivity index (χ4n) is 2.18. The summed E-state index contributed by atoms with van der Waals surface area (Å²) in [4.78, 5) is 11.0. The first-order valence-electron chi connectivity index (χ1n) is 6.87. The number of imidazole rings is 1. The van der Waals surface area contributed by atoms with Gasteiger partial charge in [0.25, 0.3) is 0 Å². The van der Waals surface area contributed by atoms with E-state index in [1.807, 2.05) is 0 Å². The number of rotatable bonds is 5. The van der Waals surface area contributed by atoms with Gasteiger partial charge in [-0.15, -0.1) is 0 Å². The third kappa shape index (κ3) is 3.46. The highest BCUT2D eigenvalue weighted by Crippen LogP contribution is 2.25. The van der Waals surface area contributed by atoms with Gasteiger partial charge in [-0.05, 0) is 25.1 Å². The number of aromatic amines is 1. The molecular weight excluding hydrogens is 343 g/mol. The number of pyridine rings is 1. The van der Waals surface area contributed by atoms with Crippen LogP contribution < -0.4 is 4.74 Å². The quantitative estimate of drug-likeness (QED) is 0.713. The first-order valence-corrected chi connectivity index (χ1v) is 8.19. The lowest BCUT2D eigenvalue weighted by molar-refractivity contribution is -0.0503. The fourth-order valence-corrected chi connectivity index (χ4v) is 3.28. The topological polar surface area (TPSA) is 73.9 Å². The smallest absolute Gasteiger partial charge is 0.387 e. The molecule has 0 aliphatic rings. The molecular formula is C15H12F3N3O2S. The second-order valence-corrected chi connectivity index (χ2v) is 6.32. The molecule has 0 bridgehead atoms. The van der Waals surface area contributed by atoms with Crippen molar-refractivity contribution in [3.05, 3.63) is 47.5 Å². The summed E-state index contributed by atoms with van der Waals surface area (Å²) in [6.45, 7) is -1.39. The van der Waals surface area contributed by atoms with E-state index in [9.17, 15) is 17.7 Å². The summed E-state index contributed by atoms with van der Waals surface area (Å²) in [6.07, 6.45) is 1.31. The summed E-state index contributed by atoms with van der Waals surface area (Å²) < 4.78 is 54.8. The minimum absolute atomic E-state index is 0.0151. The Bertz CT molecular complexity index is 872. The Labute approximate surface area is 138 Å². The van der Waals surface area contributed by atoms with Gasteiger partial charge in [0.05, 0.1) is 16.7 Å². The van der Waals surface area contributed by atoms with E-state index in [2.05, 4.69) is 19.7 Å². The van der Waals surface area contributed by atoms with E-state index in [1.165, 1.54) is 30.5 Å². The normalized spacial score (nSPS) is 12.8. The summed E-state index contributed by atoms with van der Waals surface area (Å²) in [7, 11) is 0. The molecule has 0 amide bonds. The van der Waals surface area contributed by atoms with Gasteiger partial charge in [0.2, 0.25) is 0 Å². The van der Waals surface area contributed by atoms with Crippen LogP contribution in [0.5, 0.6) is 5.75 Å². The third-order valence-corrected chi connectivity index (χ3v) is 4.54. The molecule has 126 valence electrons. The van der Waals surface area contributed by atoms with Crippen LogP contribution in [-0.4, -0.2) is 26.1 Å². The SMILES string of the molecule is Cc1c(OC(F)F)ccnc1C[S+]([O-])c1nc2cc(F)ccc2[nH]1. The van der Waals surface area contributed by atoms with Crippen molar-refractivity contribution in [3.8, 4) is 5.75 Å². The molecule has 3 aromatic rings. The van der Waals surface area contributed by atoms with Crippen molar-refractivity contribution in [1.29, 1.82) is 0 Å². The van der Waals surface area contributed by atoms with E-state index in [0.717, 1.165) is 0 Å². The van der Waals surface area contributed by atoms with Crippen molar-refractivity contribution < 1.29 is 22.5 Å². The Kier molecular flexibility index (Phi) is 4.63. The number of hydrogen-bond donors (Lipinski definition) is 1. The molecule has 1 unspecified atom stereocenters. The number of aromatic nitrogens is 3. The summed E-state index contributed by atoms with van der Waals surface area (Å²) in [5.74, 6) is -0.492. The van der Waals surface area contributed by atoms with Gasteiger partial charge in [-0.25, -0.2) is 4.39 Å².